The predicted molar refractivity (Wildman–Crippen MR) is 63.5 cm³/mol. The van der Waals surface area contributed by atoms with Crippen LogP contribution in [0.3, 0.4) is 0 Å². The fraction of sp³-hybridized carbons (Fsp3) is 0.636. The molecule has 0 saturated carbocycles. The molecule has 2 N–H and O–H groups in total. The zero-order valence-corrected chi connectivity index (χ0v) is 10.0. The van der Waals surface area contributed by atoms with E-state index in [9.17, 15) is 4.79 Å². The molecule has 1 amide bonds. The van der Waals surface area contributed by atoms with Crippen LogP contribution in [0.5, 0.6) is 0 Å². The van der Waals surface area contributed by atoms with Crippen molar-refractivity contribution in [2.24, 2.45) is 0 Å². The average molecular weight is 238 g/mol. The molecule has 2 heterocycles. The Bertz CT molecular complexity index is 383. The summed E-state index contributed by atoms with van der Waals surface area (Å²) >= 11 is 0. The van der Waals surface area contributed by atoms with Gasteiger partial charge in [0.2, 0.25) is 0 Å². The molecule has 0 radical (unpaired) electrons. The van der Waals surface area contributed by atoms with Gasteiger partial charge in [0, 0.05) is 31.5 Å². The lowest BCUT2D eigenvalue weighted by Crippen LogP contribution is -2.39. The van der Waals surface area contributed by atoms with E-state index in [0.717, 1.165) is 12.8 Å². The predicted octanol–water partition coefficient (Wildman–Crippen LogP) is 1.26. The quantitative estimate of drug-likeness (QED) is 0.841. The van der Waals surface area contributed by atoms with Crippen LogP contribution in [0.15, 0.2) is 12.4 Å². The Morgan fingerprint density at radius 2 is 2.29 bits per heavy atom. The maximum Gasteiger partial charge on any atom is 0.409 e. The van der Waals surface area contributed by atoms with Gasteiger partial charge in [-0.25, -0.2) is 9.78 Å². The molecule has 0 aromatic carbocycles. The van der Waals surface area contributed by atoms with Gasteiger partial charge in [0.25, 0.3) is 0 Å². The molecule has 0 bridgehead atoms. The van der Waals surface area contributed by atoms with Gasteiger partial charge in [-0.1, -0.05) is 0 Å². The Morgan fingerprint density at radius 1 is 1.59 bits per heavy atom. The monoisotopic (exact) mass is 238 g/mol. The molecule has 0 spiro atoms. The Kier molecular flexibility index (Phi) is 3.51. The summed E-state index contributed by atoms with van der Waals surface area (Å²) in [5.41, 5.74) is 5.76. The highest BCUT2D eigenvalue weighted by Gasteiger charge is 2.25. The summed E-state index contributed by atoms with van der Waals surface area (Å²) in [6.07, 6.45) is 5.15. The van der Waals surface area contributed by atoms with Crippen molar-refractivity contribution in [3.63, 3.8) is 0 Å². The summed E-state index contributed by atoms with van der Waals surface area (Å²) in [5.74, 6) is 0.541. The number of hydrogen-bond acceptors (Lipinski definition) is 4. The van der Waals surface area contributed by atoms with E-state index in [1.165, 1.54) is 0 Å². The van der Waals surface area contributed by atoms with Gasteiger partial charge in [-0.15, -0.1) is 0 Å². The van der Waals surface area contributed by atoms with E-state index in [2.05, 4.69) is 4.98 Å². The third-order valence-electron chi connectivity index (χ3n) is 3.08. The topological polar surface area (TPSA) is 73.4 Å². The zero-order valence-electron chi connectivity index (χ0n) is 10.0. The van der Waals surface area contributed by atoms with Crippen molar-refractivity contribution in [3.05, 3.63) is 12.4 Å². The molecule has 6 nitrogen and oxygen atoms in total. The molecule has 6 heteroatoms. The lowest BCUT2D eigenvalue weighted by molar-refractivity contribution is 0.0929. The minimum absolute atomic E-state index is 0.218. The van der Waals surface area contributed by atoms with E-state index >= 15 is 0 Å². The molecule has 1 fully saturated rings. The van der Waals surface area contributed by atoms with E-state index in [1.807, 2.05) is 17.7 Å². The Labute approximate surface area is 100 Å². The summed E-state index contributed by atoms with van der Waals surface area (Å²) in [5, 5.41) is 0. The van der Waals surface area contributed by atoms with Gasteiger partial charge < -0.3 is 19.9 Å². The summed E-state index contributed by atoms with van der Waals surface area (Å²) in [7, 11) is 0. The second kappa shape index (κ2) is 5.07. The second-order valence-corrected chi connectivity index (χ2v) is 4.11. The SMILES string of the molecule is CCOC(=O)N1CCC(n2ccnc2N)CC1. The number of nitrogen functional groups attached to an aromatic ring is 1. The van der Waals surface area contributed by atoms with E-state index < -0.39 is 0 Å². The van der Waals surface area contributed by atoms with Crippen LogP contribution >= 0.6 is 0 Å². The fourth-order valence-corrected chi connectivity index (χ4v) is 2.17. The molecule has 0 unspecified atom stereocenters. The van der Waals surface area contributed by atoms with Gasteiger partial charge in [0.1, 0.15) is 0 Å². The summed E-state index contributed by atoms with van der Waals surface area (Å²) < 4.78 is 6.95. The highest BCUT2D eigenvalue weighted by atomic mass is 16.6. The lowest BCUT2D eigenvalue weighted by Gasteiger charge is -2.32. The smallest absolute Gasteiger partial charge is 0.409 e. The van der Waals surface area contributed by atoms with Gasteiger partial charge in [0.05, 0.1) is 6.61 Å². The highest BCUT2D eigenvalue weighted by Crippen LogP contribution is 2.24. The van der Waals surface area contributed by atoms with Crippen LogP contribution in [0, 0.1) is 0 Å². The van der Waals surface area contributed by atoms with Crippen LogP contribution in [0.2, 0.25) is 0 Å². The maximum atomic E-state index is 11.5. The highest BCUT2D eigenvalue weighted by molar-refractivity contribution is 5.67. The second-order valence-electron chi connectivity index (χ2n) is 4.11. The number of nitrogens with two attached hydrogens (primary N) is 1. The molecule has 2 rings (SSSR count). The van der Waals surface area contributed by atoms with Crippen molar-refractivity contribution in [1.82, 2.24) is 14.5 Å². The van der Waals surface area contributed by atoms with E-state index in [0.29, 0.717) is 31.7 Å². The number of imidazole rings is 1. The third-order valence-corrected chi connectivity index (χ3v) is 3.08. The normalized spacial score (nSPS) is 17.1. The van der Waals surface area contributed by atoms with Crippen molar-refractivity contribution >= 4 is 12.0 Å². The van der Waals surface area contributed by atoms with Crippen molar-refractivity contribution in [2.45, 2.75) is 25.8 Å². The third kappa shape index (κ3) is 2.51. The Morgan fingerprint density at radius 3 is 2.82 bits per heavy atom. The van der Waals surface area contributed by atoms with Gasteiger partial charge in [-0.3, -0.25) is 0 Å². The van der Waals surface area contributed by atoms with Gasteiger partial charge in [-0.2, -0.15) is 0 Å². The van der Waals surface area contributed by atoms with Gasteiger partial charge >= 0.3 is 6.09 Å². The zero-order chi connectivity index (χ0) is 12.3. The molecular weight excluding hydrogens is 220 g/mol. The van der Waals surface area contributed by atoms with Crippen LogP contribution in [0.4, 0.5) is 10.7 Å². The van der Waals surface area contributed by atoms with Crippen molar-refractivity contribution in [1.29, 1.82) is 0 Å². The van der Waals surface area contributed by atoms with Crippen molar-refractivity contribution < 1.29 is 9.53 Å². The number of nitrogens with zero attached hydrogens (tertiary/aromatic N) is 3. The number of carbonyl (C=O) groups is 1. The standard InChI is InChI=1S/C11H18N4O2/c1-2-17-11(16)14-6-3-9(4-7-14)15-8-5-13-10(15)12/h5,8-9H,2-4,6-7H2,1H3,(H2,12,13). The molecule has 1 aromatic heterocycles. The number of ether oxygens (including phenoxy) is 1. The Balaban J connectivity index is 1.90. The van der Waals surface area contributed by atoms with E-state index in [4.69, 9.17) is 10.5 Å². The van der Waals surface area contributed by atoms with Crippen molar-refractivity contribution in [2.75, 3.05) is 25.4 Å². The minimum atomic E-state index is -0.218. The average Bonchev–Trinajstić information content (AvgIpc) is 2.76. The van der Waals surface area contributed by atoms with Crippen LogP contribution in [-0.4, -0.2) is 40.2 Å². The first-order valence-corrected chi connectivity index (χ1v) is 5.92. The first-order valence-electron chi connectivity index (χ1n) is 5.92. The number of piperidine rings is 1. The first-order chi connectivity index (χ1) is 8.22. The molecular formula is C11H18N4O2. The molecule has 1 aliphatic heterocycles. The van der Waals surface area contributed by atoms with Crippen LogP contribution < -0.4 is 5.73 Å². The molecule has 1 aromatic rings. The van der Waals surface area contributed by atoms with Crippen molar-refractivity contribution in [3.8, 4) is 0 Å². The molecule has 1 saturated heterocycles. The Hall–Kier alpha value is -1.72. The van der Waals surface area contributed by atoms with Crippen LogP contribution in [-0.2, 0) is 4.74 Å². The number of carbonyl (C=O) groups excluding carboxylic acids is 1. The summed E-state index contributed by atoms with van der Waals surface area (Å²) in [4.78, 5) is 17.3. The van der Waals surface area contributed by atoms with Crippen LogP contribution in [0.1, 0.15) is 25.8 Å². The number of aromatic nitrogens is 2. The number of rotatable bonds is 2. The summed E-state index contributed by atoms with van der Waals surface area (Å²) in [6.45, 7) is 3.66. The number of hydrogen-bond donors (Lipinski definition) is 1. The number of anilines is 1. The molecule has 17 heavy (non-hydrogen) atoms. The fourth-order valence-electron chi connectivity index (χ4n) is 2.17. The first kappa shape index (κ1) is 11.8. The number of likely N-dealkylation sites (tertiary alicyclic amines) is 1. The minimum Gasteiger partial charge on any atom is -0.450 e. The summed E-state index contributed by atoms with van der Waals surface area (Å²) in [6, 6.07) is 0.336. The van der Waals surface area contributed by atoms with Crippen LogP contribution in [0.25, 0.3) is 0 Å². The number of amides is 1. The van der Waals surface area contributed by atoms with Gasteiger partial charge in [-0.05, 0) is 19.8 Å². The lowest BCUT2D eigenvalue weighted by atomic mass is 10.1. The van der Waals surface area contributed by atoms with Gasteiger partial charge in [0.15, 0.2) is 5.95 Å². The molecule has 1 aliphatic rings. The molecule has 0 aliphatic carbocycles. The largest absolute Gasteiger partial charge is 0.450 e. The molecule has 0 atom stereocenters. The molecule has 94 valence electrons. The van der Waals surface area contributed by atoms with E-state index in [1.54, 1.807) is 11.1 Å². The van der Waals surface area contributed by atoms with E-state index in [-0.39, 0.29) is 6.09 Å². The maximum absolute atomic E-state index is 11.5.